The monoisotopic (exact) mass is 495 g/mol. The number of aliphatic hydroxyl groups excluding tert-OH is 1. The van der Waals surface area contributed by atoms with Crippen LogP contribution in [0.4, 0.5) is 5.69 Å². The van der Waals surface area contributed by atoms with Crippen LogP contribution in [-0.2, 0) is 20.6 Å². The summed E-state index contributed by atoms with van der Waals surface area (Å²) in [4.78, 5) is 12.5. The molecule has 1 amide bonds. The first kappa shape index (κ1) is 26.8. The molecule has 1 atom stereocenters. The van der Waals surface area contributed by atoms with E-state index in [1.165, 1.54) is 46.8 Å². The van der Waals surface area contributed by atoms with Crippen molar-refractivity contribution in [1.82, 2.24) is 10.0 Å². The molecule has 34 heavy (non-hydrogen) atoms. The summed E-state index contributed by atoms with van der Waals surface area (Å²) in [5.41, 5.74) is 7.00. The van der Waals surface area contributed by atoms with Crippen molar-refractivity contribution < 1.29 is 37.3 Å². The van der Waals surface area contributed by atoms with E-state index >= 15 is 0 Å². The van der Waals surface area contributed by atoms with Gasteiger partial charge in [0.1, 0.15) is 29.0 Å². The van der Waals surface area contributed by atoms with Gasteiger partial charge < -0.3 is 35.1 Å². The fraction of sp³-hybridized carbons (Fsp3) is 0.318. The highest BCUT2D eigenvalue weighted by molar-refractivity contribution is 7.88. The highest BCUT2D eigenvalue weighted by atomic mass is 32.2. The summed E-state index contributed by atoms with van der Waals surface area (Å²) in [5.74, 6) is 0.589. The molecule has 12 heteroatoms. The number of hydrogen-bond donors (Lipinski definition) is 4. The molecule has 0 saturated carbocycles. The van der Waals surface area contributed by atoms with Crippen molar-refractivity contribution in [2.75, 3.05) is 40.8 Å². The van der Waals surface area contributed by atoms with E-state index < -0.39 is 34.3 Å². The number of carbonyl (C=O) groups excluding carboxylic acids is 1. The number of aliphatic hydroxyl groups is 1. The van der Waals surface area contributed by atoms with Crippen LogP contribution in [0.5, 0.6) is 23.0 Å². The number of nitrogens with two attached hydrogens (primary N) is 1. The second-order valence-electron chi connectivity index (χ2n) is 6.98. The lowest BCUT2D eigenvalue weighted by atomic mass is 10.1. The van der Waals surface area contributed by atoms with E-state index in [4.69, 9.17) is 24.7 Å². The first-order valence-electron chi connectivity index (χ1n) is 9.98. The van der Waals surface area contributed by atoms with E-state index in [1.807, 2.05) is 0 Å². The summed E-state index contributed by atoms with van der Waals surface area (Å²) in [6.45, 7) is -0.751. The van der Waals surface area contributed by atoms with Crippen LogP contribution in [-0.4, -0.2) is 60.5 Å². The number of nitrogen functional groups attached to an aromatic ring is 1. The van der Waals surface area contributed by atoms with Crippen LogP contribution in [0.3, 0.4) is 0 Å². The van der Waals surface area contributed by atoms with Crippen LogP contribution in [0.1, 0.15) is 11.1 Å². The van der Waals surface area contributed by atoms with Crippen LogP contribution in [0, 0.1) is 0 Å². The maximum Gasteiger partial charge on any atom is 0.244 e. The van der Waals surface area contributed by atoms with E-state index in [9.17, 15) is 18.3 Å². The standard InChI is InChI=1S/C22H29N3O8S/c1-30-15-10-20(32-3)16(21(11-15)33-4)7-8-24-22(27)18(12-26)25-34(28,29)13-14-5-6-19(31-2)17(23)9-14/h5-11,18,25-26H,12-13,23H2,1-4H3,(H,24,27)/b8-7+/t18-/m1/s1. The molecule has 2 aromatic carbocycles. The van der Waals surface area contributed by atoms with Gasteiger partial charge >= 0.3 is 0 Å². The third-order valence-electron chi connectivity index (χ3n) is 4.70. The van der Waals surface area contributed by atoms with Crippen LogP contribution in [0.15, 0.2) is 36.5 Å². The molecule has 0 saturated heterocycles. The fourth-order valence-corrected chi connectivity index (χ4v) is 4.35. The minimum atomic E-state index is -3.98. The van der Waals surface area contributed by atoms with Gasteiger partial charge in [0.15, 0.2) is 0 Å². The highest BCUT2D eigenvalue weighted by Crippen LogP contribution is 2.34. The van der Waals surface area contributed by atoms with Gasteiger partial charge in [-0.2, -0.15) is 0 Å². The lowest BCUT2D eigenvalue weighted by molar-refractivity contribution is -0.122. The average Bonchev–Trinajstić information content (AvgIpc) is 2.82. The predicted octanol–water partition coefficient (Wildman–Crippen LogP) is 0.871. The Morgan fingerprint density at radius 2 is 1.65 bits per heavy atom. The van der Waals surface area contributed by atoms with Crippen molar-refractivity contribution >= 4 is 27.7 Å². The molecule has 0 unspecified atom stereocenters. The molecule has 0 aromatic heterocycles. The summed E-state index contributed by atoms with van der Waals surface area (Å²) < 4.78 is 48.1. The molecule has 0 aliphatic heterocycles. The smallest absolute Gasteiger partial charge is 0.244 e. The van der Waals surface area contributed by atoms with E-state index in [2.05, 4.69) is 10.0 Å². The molecule has 0 aliphatic rings. The van der Waals surface area contributed by atoms with Crippen LogP contribution in [0.2, 0.25) is 0 Å². The van der Waals surface area contributed by atoms with Gasteiger partial charge in [-0.05, 0) is 23.8 Å². The van der Waals surface area contributed by atoms with E-state index in [1.54, 1.807) is 24.3 Å². The van der Waals surface area contributed by atoms with Crippen LogP contribution >= 0.6 is 0 Å². The topological polar surface area (TPSA) is 158 Å². The summed E-state index contributed by atoms with van der Waals surface area (Å²) in [5, 5.41) is 12.0. The zero-order chi connectivity index (χ0) is 25.3. The number of rotatable bonds is 12. The zero-order valence-electron chi connectivity index (χ0n) is 19.3. The average molecular weight is 496 g/mol. The Balaban J connectivity index is 2.10. The molecule has 0 radical (unpaired) electrons. The molecule has 0 fully saturated rings. The van der Waals surface area contributed by atoms with E-state index in [-0.39, 0.29) is 5.69 Å². The van der Waals surface area contributed by atoms with Gasteiger partial charge in [0.2, 0.25) is 15.9 Å². The molecule has 186 valence electrons. The van der Waals surface area contributed by atoms with Crippen molar-refractivity contribution in [2.24, 2.45) is 0 Å². The Kier molecular flexibility index (Phi) is 9.54. The van der Waals surface area contributed by atoms with E-state index in [0.717, 1.165) is 0 Å². The normalized spacial score (nSPS) is 12.3. The van der Waals surface area contributed by atoms with Gasteiger partial charge in [-0.15, -0.1) is 0 Å². The quantitative estimate of drug-likeness (QED) is 0.313. The molecule has 0 heterocycles. The number of ether oxygens (including phenoxy) is 4. The Labute approximate surface area is 198 Å². The summed E-state index contributed by atoms with van der Waals surface area (Å²) >= 11 is 0. The molecule has 5 N–H and O–H groups in total. The van der Waals surface area contributed by atoms with Crippen molar-refractivity contribution in [3.05, 3.63) is 47.7 Å². The minimum Gasteiger partial charge on any atom is -0.496 e. The third-order valence-corrected chi connectivity index (χ3v) is 6.06. The number of anilines is 1. The molecule has 0 aliphatic carbocycles. The molecule has 2 aromatic rings. The largest absolute Gasteiger partial charge is 0.496 e. The second-order valence-corrected chi connectivity index (χ2v) is 8.73. The molecular formula is C22H29N3O8S. The number of methoxy groups -OCH3 is 4. The second kappa shape index (κ2) is 12.1. The third kappa shape index (κ3) is 7.01. The number of amides is 1. The van der Waals surface area contributed by atoms with Gasteiger partial charge in [-0.3, -0.25) is 4.79 Å². The van der Waals surface area contributed by atoms with Gasteiger partial charge in [-0.1, -0.05) is 6.07 Å². The molecule has 2 rings (SSSR count). The van der Waals surface area contributed by atoms with Gasteiger partial charge in [0, 0.05) is 18.3 Å². The lowest BCUT2D eigenvalue weighted by Gasteiger charge is -2.16. The van der Waals surface area contributed by atoms with Crippen LogP contribution in [0.25, 0.3) is 6.08 Å². The first-order valence-corrected chi connectivity index (χ1v) is 11.6. The fourth-order valence-electron chi connectivity index (χ4n) is 3.03. The van der Waals surface area contributed by atoms with Crippen molar-refractivity contribution in [2.45, 2.75) is 11.8 Å². The molecule has 11 nitrogen and oxygen atoms in total. The maximum atomic E-state index is 12.5. The first-order chi connectivity index (χ1) is 16.2. The maximum absolute atomic E-state index is 12.5. The Hall–Kier alpha value is -3.48. The number of carbonyl (C=O) groups is 1. The summed E-state index contributed by atoms with van der Waals surface area (Å²) in [6, 6.07) is 6.42. The number of sulfonamides is 1. The van der Waals surface area contributed by atoms with Crippen molar-refractivity contribution in [3.8, 4) is 23.0 Å². The molecule has 0 spiro atoms. The zero-order valence-corrected chi connectivity index (χ0v) is 20.1. The molecule has 0 bridgehead atoms. The highest BCUT2D eigenvalue weighted by Gasteiger charge is 2.24. The summed E-state index contributed by atoms with van der Waals surface area (Å²) in [6.07, 6.45) is 2.80. The van der Waals surface area contributed by atoms with Gasteiger partial charge in [0.25, 0.3) is 0 Å². The lowest BCUT2D eigenvalue weighted by Crippen LogP contribution is -2.47. The number of hydrogen-bond acceptors (Lipinski definition) is 9. The Morgan fingerprint density at radius 3 is 2.15 bits per heavy atom. The van der Waals surface area contributed by atoms with Gasteiger partial charge in [-0.25, -0.2) is 13.1 Å². The van der Waals surface area contributed by atoms with Crippen molar-refractivity contribution in [3.63, 3.8) is 0 Å². The Morgan fingerprint density at radius 1 is 1.03 bits per heavy atom. The Bertz CT molecular complexity index is 1110. The predicted molar refractivity (Wildman–Crippen MR) is 127 cm³/mol. The summed E-state index contributed by atoms with van der Waals surface area (Å²) in [7, 11) is 1.91. The number of nitrogens with one attached hydrogen (secondary N) is 2. The number of benzene rings is 2. The SMILES string of the molecule is COc1cc(OC)c(/C=C/NC(=O)[C@@H](CO)NS(=O)(=O)Cc2ccc(OC)c(N)c2)c(OC)c1. The van der Waals surface area contributed by atoms with Crippen LogP contribution < -0.4 is 34.7 Å². The van der Waals surface area contributed by atoms with Crippen molar-refractivity contribution in [1.29, 1.82) is 0 Å². The van der Waals surface area contributed by atoms with Gasteiger partial charge in [0.05, 0.1) is 52.0 Å². The molecular weight excluding hydrogens is 466 g/mol. The van der Waals surface area contributed by atoms with E-state index in [0.29, 0.717) is 34.1 Å². The minimum absolute atomic E-state index is 0.279.